The summed E-state index contributed by atoms with van der Waals surface area (Å²) < 4.78 is 41.8. The first-order valence-corrected chi connectivity index (χ1v) is 4.69. The molecule has 11 heavy (non-hydrogen) atoms. The van der Waals surface area contributed by atoms with Crippen molar-refractivity contribution in [2.24, 2.45) is 5.92 Å². The van der Waals surface area contributed by atoms with E-state index in [1.54, 1.807) is 4.72 Å². The standard InChI is InChI=1S/C4H9ClFNO3S/c1-3(2-6)4(5)7-11(8,9)10/h3-4,7H,2H2,1H3,(H,8,9,10). The Morgan fingerprint density at radius 3 is 2.45 bits per heavy atom. The lowest BCUT2D eigenvalue weighted by molar-refractivity contribution is 0.358. The second-order valence-electron chi connectivity index (χ2n) is 2.13. The van der Waals surface area contributed by atoms with Crippen LogP contribution in [0.3, 0.4) is 0 Å². The average molecular weight is 206 g/mol. The Balaban J connectivity index is 3.98. The molecule has 0 heterocycles. The monoisotopic (exact) mass is 205 g/mol. The first-order chi connectivity index (χ1) is 4.87. The van der Waals surface area contributed by atoms with Crippen LogP contribution < -0.4 is 4.72 Å². The largest absolute Gasteiger partial charge is 0.334 e. The van der Waals surface area contributed by atoms with Crippen molar-refractivity contribution >= 4 is 21.9 Å². The van der Waals surface area contributed by atoms with Gasteiger partial charge < -0.3 is 0 Å². The predicted octanol–water partition coefficient (Wildman–Crippen LogP) is 0.549. The fraction of sp³-hybridized carbons (Fsp3) is 1.00. The lowest BCUT2D eigenvalue weighted by atomic mass is 10.2. The lowest BCUT2D eigenvalue weighted by Crippen LogP contribution is -2.35. The topological polar surface area (TPSA) is 66.4 Å². The Morgan fingerprint density at radius 2 is 2.18 bits per heavy atom. The minimum atomic E-state index is -4.33. The fourth-order valence-corrected chi connectivity index (χ4v) is 1.26. The van der Waals surface area contributed by atoms with E-state index in [1.165, 1.54) is 6.92 Å². The Hall–Kier alpha value is 0.0900. The smallest absolute Gasteiger partial charge is 0.273 e. The molecule has 0 amide bonds. The molecule has 0 fully saturated rings. The molecule has 0 aliphatic carbocycles. The maximum atomic E-state index is 11.8. The summed E-state index contributed by atoms with van der Waals surface area (Å²) in [6.07, 6.45) is 0. The molecule has 0 aromatic carbocycles. The third-order valence-electron chi connectivity index (χ3n) is 1.00. The van der Waals surface area contributed by atoms with Crippen LogP contribution in [0.4, 0.5) is 4.39 Å². The molecule has 0 rings (SSSR count). The average Bonchev–Trinajstić information content (AvgIpc) is 1.82. The molecule has 2 atom stereocenters. The van der Waals surface area contributed by atoms with Gasteiger partial charge >= 0.3 is 10.3 Å². The second kappa shape index (κ2) is 4.20. The molecule has 2 unspecified atom stereocenters. The summed E-state index contributed by atoms with van der Waals surface area (Å²) in [5.74, 6) is -0.668. The zero-order valence-electron chi connectivity index (χ0n) is 5.79. The number of hydrogen-bond acceptors (Lipinski definition) is 2. The van der Waals surface area contributed by atoms with E-state index in [9.17, 15) is 12.8 Å². The molecule has 0 saturated heterocycles. The highest BCUT2D eigenvalue weighted by molar-refractivity contribution is 7.83. The van der Waals surface area contributed by atoms with Gasteiger partial charge in [0.2, 0.25) is 0 Å². The summed E-state index contributed by atoms with van der Waals surface area (Å²) in [6.45, 7) is 0.659. The van der Waals surface area contributed by atoms with Gasteiger partial charge in [-0.2, -0.15) is 13.1 Å². The number of alkyl halides is 2. The van der Waals surface area contributed by atoms with E-state index in [1.807, 2.05) is 0 Å². The van der Waals surface area contributed by atoms with Gasteiger partial charge in [-0.1, -0.05) is 6.92 Å². The molecule has 0 spiro atoms. The summed E-state index contributed by atoms with van der Waals surface area (Å²) in [7, 11) is -4.33. The molecule has 4 nitrogen and oxygen atoms in total. The Kier molecular flexibility index (Phi) is 4.23. The van der Waals surface area contributed by atoms with Crippen LogP contribution in [0.25, 0.3) is 0 Å². The van der Waals surface area contributed by atoms with Crippen LogP contribution in [0.15, 0.2) is 0 Å². The van der Waals surface area contributed by atoms with Crippen LogP contribution in [-0.4, -0.2) is 25.1 Å². The zero-order chi connectivity index (χ0) is 9.07. The van der Waals surface area contributed by atoms with E-state index < -0.39 is 28.4 Å². The van der Waals surface area contributed by atoms with Crippen LogP contribution in [0.5, 0.6) is 0 Å². The van der Waals surface area contributed by atoms with Gasteiger partial charge in [0.15, 0.2) is 0 Å². The van der Waals surface area contributed by atoms with Gasteiger partial charge in [-0.3, -0.25) is 8.94 Å². The summed E-state index contributed by atoms with van der Waals surface area (Å²) in [5.41, 5.74) is -1.12. The lowest BCUT2D eigenvalue weighted by Gasteiger charge is -2.13. The van der Waals surface area contributed by atoms with Gasteiger partial charge in [-0.05, 0) is 0 Å². The summed E-state index contributed by atoms with van der Waals surface area (Å²) >= 11 is 5.33. The van der Waals surface area contributed by atoms with E-state index in [2.05, 4.69) is 0 Å². The highest BCUT2D eigenvalue weighted by Crippen LogP contribution is 2.08. The third-order valence-corrected chi connectivity index (χ3v) is 2.22. The van der Waals surface area contributed by atoms with Crippen molar-refractivity contribution in [3.63, 3.8) is 0 Å². The molecule has 2 N–H and O–H groups in total. The minimum absolute atomic E-state index is 0.668. The normalized spacial score (nSPS) is 17.8. The molecular formula is C4H9ClFNO3S. The molecule has 0 bridgehead atoms. The molecule has 0 aromatic rings. The Morgan fingerprint density at radius 1 is 1.73 bits per heavy atom. The van der Waals surface area contributed by atoms with Crippen molar-refractivity contribution in [2.45, 2.75) is 12.4 Å². The van der Waals surface area contributed by atoms with E-state index in [4.69, 9.17) is 16.2 Å². The van der Waals surface area contributed by atoms with Crippen molar-refractivity contribution in [1.29, 1.82) is 0 Å². The number of nitrogens with one attached hydrogen (secondary N) is 1. The van der Waals surface area contributed by atoms with Gasteiger partial charge in [0, 0.05) is 5.92 Å². The maximum Gasteiger partial charge on any atom is 0.334 e. The van der Waals surface area contributed by atoms with E-state index in [-0.39, 0.29) is 0 Å². The number of rotatable bonds is 4. The van der Waals surface area contributed by atoms with Crippen LogP contribution >= 0.6 is 11.6 Å². The predicted molar refractivity (Wildman–Crippen MR) is 39.5 cm³/mol. The van der Waals surface area contributed by atoms with Crippen molar-refractivity contribution < 1.29 is 17.4 Å². The van der Waals surface area contributed by atoms with E-state index in [0.717, 1.165) is 0 Å². The highest BCUT2D eigenvalue weighted by atomic mass is 35.5. The summed E-state index contributed by atoms with van der Waals surface area (Å²) in [5, 5.41) is 0. The van der Waals surface area contributed by atoms with Gasteiger partial charge in [-0.25, -0.2) is 0 Å². The fourth-order valence-electron chi connectivity index (χ4n) is 0.337. The molecule has 0 aliphatic heterocycles. The maximum absolute atomic E-state index is 11.8. The van der Waals surface area contributed by atoms with Crippen LogP contribution in [0, 0.1) is 5.92 Å². The molecule has 68 valence electrons. The van der Waals surface area contributed by atoms with Gasteiger partial charge in [-0.15, -0.1) is 11.6 Å². The zero-order valence-corrected chi connectivity index (χ0v) is 7.36. The highest BCUT2D eigenvalue weighted by Gasteiger charge is 2.18. The van der Waals surface area contributed by atoms with Crippen LogP contribution in [0.2, 0.25) is 0 Å². The first kappa shape index (κ1) is 11.1. The number of hydrogen-bond donors (Lipinski definition) is 2. The second-order valence-corrected chi connectivity index (χ2v) is 3.78. The third kappa shape index (κ3) is 5.37. The van der Waals surface area contributed by atoms with Crippen LogP contribution in [0.1, 0.15) is 6.92 Å². The minimum Gasteiger partial charge on any atom is -0.273 e. The van der Waals surface area contributed by atoms with E-state index in [0.29, 0.717) is 0 Å². The molecule has 0 radical (unpaired) electrons. The summed E-state index contributed by atoms with van der Waals surface area (Å²) in [4.78, 5) is 0. The van der Waals surface area contributed by atoms with Gasteiger partial charge in [0.25, 0.3) is 0 Å². The quantitative estimate of drug-likeness (QED) is 0.400. The molecule has 7 heteroatoms. The molecule has 0 aliphatic rings. The van der Waals surface area contributed by atoms with Crippen LogP contribution in [-0.2, 0) is 10.3 Å². The summed E-state index contributed by atoms with van der Waals surface area (Å²) in [6, 6.07) is 0. The number of halogens is 2. The van der Waals surface area contributed by atoms with Crippen molar-refractivity contribution in [3.05, 3.63) is 0 Å². The molecule has 0 aromatic heterocycles. The van der Waals surface area contributed by atoms with Gasteiger partial charge in [0.1, 0.15) is 5.50 Å². The van der Waals surface area contributed by atoms with Crippen molar-refractivity contribution in [2.75, 3.05) is 6.67 Å². The molecular weight excluding hydrogens is 197 g/mol. The van der Waals surface area contributed by atoms with E-state index >= 15 is 0 Å². The first-order valence-electron chi connectivity index (χ1n) is 2.81. The Bertz CT molecular complexity index is 207. The van der Waals surface area contributed by atoms with Crippen molar-refractivity contribution in [1.82, 2.24) is 4.72 Å². The van der Waals surface area contributed by atoms with Crippen molar-refractivity contribution in [3.8, 4) is 0 Å². The SMILES string of the molecule is CC(CF)C(Cl)NS(=O)(=O)O. The Labute approximate surface area is 69.6 Å². The van der Waals surface area contributed by atoms with Gasteiger partial charge in [0.05, 0.1) is 6.67 Å². The molecule has 0 saturated carbocycles.